The molecular formula is C15H22O4. The third kappa shape index (κ3) is 1.62. The first-order valence-corrected chi connectivity index (χ1v) is 7.10. The minimum atomic E-state index is -0.765. The van der Waals surface area contributed by atoms with Crippen LogP contribution < -0.4 is 0 Å². The molecule has 0 aromatic heterocycles. The molecule has 3 fully saturated rings. The Bertz CT molecular complexity index is 432. The minimum Gasteiger partial charge on any atom is -0.461 e. The molecule has 0 unspecified atom stereocenters. The summed E-state index contributed by atoms with van der Waals surface area (Å²) in [6.45, 7) is 7.99. The number of esters is 1. The first-order valence-electron chi connectivity index (χ1n) is 7.10. The molecule has 0 radical (unpaired) electrons. The maximum absolute atomic E-state index is 11.8. The maximum Gasteiger partial charge on any atom is 0.309 e. The van der Waals surface area contributed by atoms with Crippen molar-refractivity contribution in [2.24, 2.45) is 23.2 Å². The summed E-state index contributed by atoms with van der Waals surface area (Å²) in [5.74, 6) is 0.00215. The van der Waals surface area contributed by atoms with Gasteiger partial charge in [-0.3, -0.25) is 4.79 Å². The van der Waals surface area contributed by atoms with Crippen LogP contribution in [0.3, 0.4) is 0 Å². The monoisotopic (exact) mass is 266 g/mol. The molecule has 3 aliphatic rings. The van der Waals surface area contributed by atoms with E-state index in [1.165, 1.54) is 0 Å². The zero-order valence-corrected chi connectivity index (χ0v) is 11.5. The molecule has 4 nitrogen and oxygen atoms in total. The van der Waals surface area contributed by atoms with E-state index in [4.69, 9.17) is 4.74 Å². The number of carbonyl (C=O) groups is 1. The van der Waals surface area contributed by atoms with E-state index in [0.717, 1.165) is 18.4 Å². The molecule has 0 amide bonds. The summed E-state index contributed by atoms with van der Waals surface area (Å²) in [7, 11) is 0. The lowest BCUT2D eigenvalue weighted by molar-refractivity contribution is -0.162. The van der Waals surface area contributed by atoms with Gasteiger partial charge in [-0.05, 0) is 19.3 Å². The van der Waals surface area contributed by atoms with Crippen molar-refractivity contribution in [2.45, 2.75) is 51.4 Å². The molecule has 106 valence electrons. The van der Waals surface area contributed by atoms with Gasteiger partial charge in [0.05, 0.1) is 18.1 Å². The largest absolute Gasteiger partial charge is 0.461 e. The third-order valence-electron chi connectivity index (χ3n) is 5.69. The van der Waals surface area contributed by atoms with Crippen LogP contribution in [0.1, 0.15) is 33.1 Å². The molecule has 7 atom stereocenters. The molecular weight excluding hydrogens is 244 g/mol. The Labute approximate surface area is 113 Å². The molecule has 2 aliphatic carbocycles. The quantitative estimate of drug-likeness (QED) is 0.512. The average molecular weight is 266 g/mol. The zero-order valence-electron chi connectivity index (χ0n) is 11.5. The number of aliphatic hydroxyl groups is 2. The highest BCUT2D eigenvalue weighted by Gasteiger charge is 2.60. The predicted molar refractivity (Wildman–Crippen MR) is 69.1 cm³/mol. The number of aliphatic hydroxyl groups excluding tert-OH is 2. The molecule has 3 rings (SSSR count). The summed E-state index contributed by atoms with van der Waals surface area (Å²) in [5, 5.41) is 20.3. The number of hydrogen-bond acceptors (Lipinski definition) is 4. The van der Waals surface area contributed by atoms with Gasteiger partial charge in [0.2, 0.25) is 0 Å². The van der Waals surface area contributed by atoms with Gasteiger partial charge in [0.1, 0.15) is 6.10 Å². The van der Waals surface area contributed by atoms with Crippen LogP contribution in [0.25, 0.3) is 0 Å². The van der Waals surface area contributed by atoms with Crippen LogP contribution in [0.2, 0.25) is 0 Å². The van der Waals surface area contributed by atoms with Gasteiger partial charge < -0.3 is 14.9 Å². The van der Waals surface area contributed by atoms with Gasteiger partial charge in [0.25, 0.3) is 0 Å². The normalized spacial score (nSPS) is 53.5. The van der Waals surface area contributed by atoms with Gasteiger partial charge in [-0.25, -0.2) is 0 Å². The first-order chi connectivity index (χ1) is 8.86. The SMILES string of the molecule is C=C1C[C@H](O)[C@@H](O)[C@]2(C)CC[C@@H]3[C@H](OC(=O)[C@H]3C)[C@@H]12. The van der Waals surface area contributed by atoms with Crippen LogP contribution in [-0.4, -0.2) is 34.5 Å². The summed E-state index contributed by atoms with van der Waals surface area (Å²) < 4.78 is 5.57. The van der Waals surface area contributed by atoms with Gasteiger partial charge in [-0.15, -0.1) is 0 Å². The van der Waals surface area contributed by atoms with Crippen molar-refractivity contribution in [2.75, 3.05) is 0 Å². The standard InChI is InChI=1S/C15H22O4/c1-7-6-10(16)13(17)15(3)5-4-9-8(2)14(18)19-12(9)11(7)15/h8-13,16-17H,1,4-6H2,2-3H3/t8-,9-,10-,11+,12-,13+,15+/m0/s1. The van der Waals surface area contributed by atoms with Crippen molar-refractivity contribution in [3.8, 4) is 0 Å². The second-order valence-corrected chi connectivity index (χ2v) is 6.75. The lowest BCUT2D eigenvalue weighted by Crippen LogP contribution is -2.58. The Morgan fingerprint density at radius 1 is 1.42 bits per heavy atom. The molecule has 2 saturated carbocycles. The summed E-state index contributed by atoms with van der Waals surface area (Å²) in [4.78, 5) is 11.8. The summed E-state index contributed by atoms with van der Waals surface area (Å²) in [6, 6.07) is 0. The number of hydrogen-bond donors (Lipinski definition) is 2. The minimum absolute atomic E-state index is 0.0291. The zero-order chi connectivity index (χ0) is 13.9. The topological polar surface area (TPSA) is 66.8 Å². The predicted octanol–water partition coefficient (Wildman–Crippen LogP) is 1.26. The smallest absolute Gasteiger partial charge is 0.309 e. The van der Waals surface area contributed by atoms with Crippen molar-refractivity contribution in [1.82, 2.24) is 0 Å². The van der Waals surface area contributed by atoms with Crippen LogP contribution in [0, 0.1) is 23.2 Å². The molecule has 19 heavy (non-hydrogen) atoms. The molecule has 0 bridgehead atoms. The number of ether oxygens (including phenoxy) is 1. The highest BCUT2D eigenvalue weighted by Crippen LogP contribution is 2.57. The fraction of sp³-hybridized carbons (Fsp3) is 0.800. The summed E-state index contributed by atoms with van der Waals surface area (Å²) >= 11 is 0. The van der Waals surface area contributed by atoms with E-state index in [1.807, 2.05) is 13.8 Å². The van der Waals surface area contributed by atoms with Crippen LogP contribution in [0.4, 0.5) is 0 Å². The molecule has 0 aromatic rings. The van der Waals surface area contributed by atoms with Crippen molar-refractivity contribution < 1.29 is 19.7 Å². The maximum atomic E-state index is 11.8. The average Bonchev–Trinajstić information content (AvgIpc) is 2.62. The second kappa shape index (κ2) is 4.06. The Kier molecular flexibility index (Phi) is 2.81. The number of carbonyl (C=O) groups excluding carboxylic acids is 1. The van der Waals surface area contributed by atoms with Crippen molar-refractivity contribution in [1.29, 1.82) is 0 Å². The molecule has 0 aromatic carbocycles. The fourth-order valence-electron chi connectivity index (χ4n) is 4.50. The van der Waals surface area contributed by atoms with Crippen LogP contribution in [-0.2, 0) is 9.53 Å². The van der Waals surface area contributed by atoms with Crippen molar-refractivity contribution in [3.63, 3.8) is 0 Å². The van der Waals surface area contributed by atoms with E-state index in [-0.39, 0.29) is 29.8 Å². The van der Waals surface area contributed by atoms with Crippen LogP contribution in [0.5, 0.6) is 0 Å². The molecule has 1 saturated heterocycles. The molecule has 2 N–H and O–H groups in total. The van der Waals surface area contributed by atoms with Gasteiger partial charge in [-0.1, -0.05) is 26.0 Å². The Morgan fingerprint density at radius 3 is 2.79 bits per heavy atom. The molecule has 1 aliphatic heterocycles. The van der Waals surface area contributed by atoms with E-state index >= 15 is 0 Å². The number of fused-ring (bicyclic) bond motifs is 3. The highest BCUT2D eigenvalue weighted by atomic mass is 16.6. The van der Waals surface area contributed by atoms with Gasteiger partial charge >= 0.3 is 5.97 Å². The van der Waals surface area contributed by atoms with E-state index in [0.29, 0.717) is 6.42 Å². The lowest BCUT2D eigenvalue weighted by atomic mass is 9.53. The first kappa shape index (κ1) is 13.1. The number of rotatable bonds is 0. The Morgan fingerprint density at radius 2 is 2.11 bits per heavy atom. The summed E-state index contributed by atoms with van der Waals surface area (Å²) in [5.41, 5.74) is 0.483. The van der Waals surface area contributed by atoms with Gasteiger partial charge in [0.15, 0.2) is 0 Å². The highest BCUT2D eigenvalue weighted by molar-refractivity contribution is 5.75. The van der Waals surface area contributed by atoms with E-state index in [1.54, 1.807) is 0 Å². The molecule has 0 spiro atoms. The summed E-state index contributed by atoms with van der Waals surface area (Å²) in [6.07, 6.45) is 0.379. The van der Waals surface area contributed by atoms with Crippen molar-refractivity contribution >= 4 is 5.97 Å². The third-order valence-corrected chi connectivity index (χ3v) is 5.69. The van der Waals surface area contributed by atoms with Gasteiger partial charge in [-0.2, -0.15) is 0 Å². The lowest BCUT2D eigenvalue weighted by Gasteiger charge is -2.54. The second-order valence-electron chi connectivity index (χ2n) is 6.75. The fourth-order valence-corrected chi connectivity index (χ4v) is 4.50. The Hall–Kier alpha value is -0.870. The van der Waals surface area contributed by atoms with Crippen molar-refractivity contribution in [3.05, 3.63) is 12.2 Å². The van der Waals surface area contributed by atoms with Gasteiger partial charge in [0, 0.05) is 17.3 Å². The van der Waals surface area contributed by atoms with Crippen LogP contribution in [0.15, 0.2) is 12.2 Å². The van der Waals surface area contributed by atoms with E-state index in [9.17, 15) is 15.0 Å². The van der Waals surface area contributed by atoms with E-state index in [2.05, 4.69) is 6.58 Å². The van der Waals surface area contributed by atoms with E-state index < -0.39 is 17.6 Å². The molecule has 4 heteroatoms. The Balaban J connectivity index is 1.98. The molecule has 1 heterocycles. The van der Waals surface area contributed by atoms with Crippen LogP contribution >= 0.6 is 0 Å².